The van der Waals surface area contributed by atoms with Crippen molar-refractivity contribution in [1.82, 2.24) is 0 Å². The van der Waals surface area contributed by atoms with Gasteiger partial charge in [0.25, 0.3) is 0 Å². The summed E-state index contributed by atoms with van der Waals surface area (Å²) in [5.41, 5.74) is 1.24. The Labute approximate surface area is 96.9 Å². The SMILES string of the molecule is COC1=CCC(OCc2ccccc2)CC1. The summed E-state index contributed by atoms with van der Waals surface area (Å²) < 4.78 is 11.1. The average Bonchev–Trinajstić information content (AvgIpc) is 2.38. The maximum absolute atomic E-state index is 5.86. The maximum atomic E-state index is 5.86. The lowest BCUT2D eigenvalue weighted by molar-refractivity contribution is 0.0294. The molecule has 2 rings (SSSR count). The van der Waals surface area contributed by atoms with Gasteiger partial charge in [-0.25, -0.2) is 0 Å². The van der Waals surface area contributed by atoms with E-state index in [2.05, 4.69) is 18.2 Å². The number of hydrogen-bond acceptors (Lipinski definition) is 2. The van der Waals surface area contributed by atoms with Gasteiger partial charge in [-0.2, -0.15) is 0 Å². The first kappa shape index (κ1) is 11.2. The number of ether oxygens (including phenoxy) is 2. The first-order chi connectivity index (χ1) is 7.88. The van der Waals surface area contributed by atoms with Crippen molar-refractivity contribution in [3.63, 3.8) is 0 Å². The molecule has 0 spiro atoms. The van der Waals surface area contributed by atoms with Crippen LogP contribution >= 0.6 is 0 Å². The van der Waals surface area contributed by atoms with Crippen LogP contribution in [0, 0.1) is 0 Å². The van der Waals surface area contributed by atoms with E-state index in [0.29, 0.717) is 12.7 Å². The van der Waals surface area contributed by atoms with Crippen LogP contribution in [-0.4, -0.2) is 13.2 Å². The molecule has 1 aromatic rings. The average molecular weight is 218 g/mol. The number of methoxy groups -OCH3 is 1. The van der Waals surface area contributed by atoms with Crippen LogP contribution in [-0.2, 0) is 16.1 Å². The molecule has 0 aliphatic heterocycles. The lowest BCUT2D eigenvalue weighted by Crippen LogP contribution is -2.16. The van der Waals surface area contributed by atoms with Crippen LogP contribution in [0.1, 0.15) is 24.8 Å². The Morgan fingerprint density at radius 2 is 2.06 bits per heavy atom. The molecule has 1 aliphatic carbocycles. The molecule has 1 aromatic carbocycles. The van der Waals surface area contributed by atoms with Gasteiger partial charge in [0.05, 0.1) is 25.6 Å². The van der Waals surface area contributed by atoms with Crippen molar-refractivity contribution in [2.45, 2.75) is 32.0 Å². The molecule has 1 atom stereocenters. The van der Waals surface area contributed by atoms with Crippen molar-refractivity contribution in [3.05, 3.63) is 47.7 Å². The maximum Gasteiger partial charge on any atom is 0.0917 e. The van der Waals surface area contributed by atoms with E-state index in [0.717, 1.165) is 25.0 Å². The van der Waals surface area contributed by atoms with Gasteiger partial charge in [0, 0.05) is 6.42 Å². The lowest BCUT2D eigenvalue weighted by Gasteiger charge is -2.21. The molecular formula is C14H18O2. The first-order valence-corrected chi connectivity index (χ1v) is 5.77. The summed E-state index contributed by atoms with van der Waals surface area (Å²) in [5.74, 6) is 1.10. The number of rotatable bonds is 4. The van der Waals surface area contributed by atoms with E-state index in [9.17, 15) is 0 Å². The molecule has 0 saturated heterocycles. The van der Waals surface area contributed by atoms with Crippen molar-refractivity contribution >= 4 is 0 Å². The molecule has 2 nitrogen and oxygen atoms in total. The standard InChI is InChI=1S/C14H18O2/c1-15-13-7-9-14(10-8-13)16-11-12-5-3-2-4-6-12/h2-7,14H,8-11H2,1H3. The summed E-state index contributed by atoms with van der Waals surface area (Å²) in [4.78, 5) is 0. The summed E-state index contributed by atoms with van der Waals surface area (Å²) in [6.45, 7) is 0.710. The van der Waals surface area contributed by atoms with E-state index in [4.69, 9.17) is 9.47 Å². The molecule has 2 heteroatoms. The second kappa shape index (κ2) is 5.71. The minimum atomic E-state index is 0.346. The topological polar surface area (TPSA) is 18.5 Å². The van der Waals surface area contributed by atoms with Crippen LogP contribution in [0.4, 0.5) is 0 Å². The summed E-state index contributed by atoms with van der Waals surface area (Å²) in [6.07, 6.45) is 5.51. The normalized spacial score (nSPS) is 20.3. The van der Waals surface area contributed by atoms with E-state index in [1.807, 2.05) is 18.2 Å². The van der Waals surface area contributed by atoms with Gasteiger partial charge < -0.3 is 9.47 Å². The van der Waals surface area contributed by atoms with Gasteiger partial charge in [0.1, 0.15) is 0 Å². The highest BCUT2D eigenvalue weighted by Gasteiger charge is 2.14. The Balaban J connectivity index is 1.78. The quantitative estimate of drug-likeness (QED) is 0.772. The third-order valence-electron chi connectivity index (χ3n) is 2.91. The molecule has 0 bridgehead atoms. The Bertz CT molecular complexity index is 343. The van der Waals surface area contributed by atoms with Crippen LogP contribution < -0.4 is 0 Å². The molecule has 0 radical (unpaired) electrons. The summed E-state index contributed by atoms with van der Waals surface area (Å²) in [7, 11) is 1.73. The molecule has 1 unspecified atom stereocenters. The zero-order chi connectivity index (χ0) is 11.2. The van der Waals surface area contributed by atoms with Gasteiger partial charge in [-0.3, -0.25) is 0 Å². The van der Waals surface area contributed by atoms with E-state index < -0.39 is 0 Å². The minimum absolute atomic E-state index is 0.346. The second-order valence-corrected chi connectivity index (χ2v) is 4.07. The predicted octanol–water partition coefficient (Wildman–Crippen LogP) is 3.29. The molecular weight excluding hydrogens is 200 g/mol. The monoisotopic (exact) mass is 218 g/mol. The lowest BCUT2D eigenvalue weighted by atomic mass is 10.0. The zero-order valence-electron chi connectivity index (χ0n) is 9.69. The van der Waals surface area contributed by atoms with Crippen LogP contribution in [0.25, 0.3) is 0 Å². The van der Waals surface area contributed by atoms with Crippen molar-refractivity contribution < 1.29 is 9.47 Å². The largest absolute Gasteiger partial charge is 0.501 e. The Hall–Kier alpha value is -1.28. The predicted molar refractivity (Wildman–Crippen MR) is 64.0 cm³/mol. The summed E-state index contributed by atoms with van der Waals surface area (Å²) in [6, 6.07) is 10.3. The fourth-order valence-electron chi connectivity index (χ4n) is 1.91. The van der Waals surface area contributed by atoms with E-state index in [-0.39, 0.29) is 0 Å². The molecule has 1 aliphatic rings. The van der Waals surface area contributed by atoms with Crippen LogP contribution in [0.15, 0.2) is 42.2 Å². The van der Waals surface area contributed by atoms with Crippen molar-refractivity contribution in [1.29, 1.82) is 0 Å². The Morgan fingerprint density at radius 1 is 1.25 bits per heavy atom. The Kier molecular flexibility index (Phi) is 4.00. The highest BCUT2D eigenvalue weighted by Crippen LogP contribution is 2.21. The third-order valence-corrected chi connectivity index (χ3v) is 2.91. The fraction of sp³-hybridized carbons (Fsp3) is 0.429. The summed E-state index contributed by atoms with van der Waals surface area (Å²) in [5, 5.41) is 0. The molecule has 16 heavy (non-hydrogen) atoms. The molecule has 0 N–H and O–H groups in total. The van der Waals surface area contributed by atoms with Crippen molar-refractivity contribution in [3.8, 4) is 0 Å². The highest BCUT2D eigenvalue weighted by molar-refractivity contribution is 5.13. The smallest absolute Gasteiger partial charge is 0.0917 e. The van der Waals surface area contributed by atoms with Crippen LogP contribution in [0.3, 0.4) is 0 Å². The molecule has 86 valence electrons. The van der Waals surface area contributed by atoms with Gasteiger partial charge >= 0.3 is 0 Å². The molecule has 0 amide bonds. The number of allylic oxidation sites excluding steroid dienone is 1. The van der Waals surface area contributed by atoms with Gasteiger partial charge in [0.2, 0.25) is 0 Å². The minimum Gasteiger partial charge on any atom is -0.501 e. The van der Waals surface area contributed by atoms with Gasteiger partial charge in [-0.15, -0.1) is 0 Å². The second-order valence-electron chi connectivity index (χ2n) is 4.07. The van der Waals surface area contributed by atoms with E-state index in [1.54, 1.807) is 7.11 Å². The van der Waals surface area contributed by atoms with Crippen LogP contribution in [0.2, 0.25) is 0 Å². The molecule has 0 saturated carbocycles. The van der Waals surface area contributed by atoms with Gasteiger partial charge in [0.15, 0.2) is 0 Å². The fourth-order valence-corrected chi connectivity index (χ4v) is 1.91. The number of hydrogen-bond donors (Lipinski definition) is 0. The molecule has 0 fully saturated rings. The van der Waals surface area contributed by atoms with Gasteiger partial charge in [-0.1, -0.05) is 30.3 Å². The van der Waals surface area contributed by atoms with Gasteiger partial charge in [-0.05, 0) is 24.5 Å². The molecule has 0 aromatic heterocycles. The Morgan fingerprint density at radius 3 is 2.69 bits per heavy atom. The van der Waals surface area contributed by atoms with Crippen LogP contribution in [0.5, 0.6) is 0 Å². The molecule has 0 heterocycles. The first-order valence-electron chi connectivity index (χ1n) is 5.77. The van der Waals surface area contributed by atoms with Crippen molar-refractivity contribution in [2.75, 3.05) is 7.11 Å². The zero-order valence-corrected chi connectivity index (χ0v) is 9.69. The highest BCUT2D eigenvalue weighted by atomic mass is 16.5. The third kappa shape index (κ3) is 3.11. The van der Waals surface area contributed by atoms with E-state index >= 15 is 0 Å². The van der Waals surface area contributed by atoms with E-state index in [1.165, 1.54) is 5.56 Å². The summed E-state index contributed by atoms with van der Waals surface area (Å²) >= 11 is 0. The number of benzene rings is 1. The van der Waals surface area contributed by atoms with Crippen molar-refractivity contribution in [2.24, 2.45) is 0 Å².